The SMILES string of the molecule is CC(C)N1CCN(C[C@@]2(O[C@H](C)c3cc(C(F)(F)F)cc(C(F)(F)F)c3)OCCC[C@@H]2c2ccc(F)cc2)C(=O)C1. The molecule has 2 aromatic rings. The molecule has 4 rings (SSSR count). The van der Waals surface area contributed by atoms with E-state index >= 15 is 0 Å². The Morgan fingerprint density at radius 3 is 2.12 bits per heavy atom. The quantitative estimate of drug-likeness (QED) is 0.334. The molecule has 0 bridgehead atoms. The summed E-state index contributed by atoms with van der Waals surface area (Å²) in [6.45, 7) is 6.43. The lowest BCUT2D eigenvalue weighted by Gasteiger charge is -2.48. The summed E-state index contributed by atoms with van der Waals surface area (Å²) in [6.07, 6.45) is -10.3. The molecule has 2 heterocycles. The summed E-state index contributed by atoms with van der Waals surface area (Å²) in [5.74, 6) is -2.87. The molecule has 2 fully saturated rings. The largest absolute Gasteiger partial charge is 0.416 e. The van der Waals surface area contributed by atoms with Gasteiger partial charge in [-0.25, -0.2) is 4.39 Å². The standard InChI is InChI=1S/C29H33F7N2O3/c1-18(2)37-10-11-38(26(39)16-37)17-27(25(5-4-12-40-27)20-6-8-24(30)9-7-20)41-19(3)21-13-22(28(31,32)33)15-23(14-21)29(34,35)36/h6-9,13-15,18-19,25H,4-5,10-12,16-17H2,1-3H3/t19-,25-,27+/m1/s1. The van der Waals surface area contributed by atoms with Crippen LogP contribution in [0.5, 0.6) is 0 Å². The predicted octanol–water partition coefficient (Wildman–Crippen LogP) is 6.78. The van der Waals surface area contributed by atoms with Gasteiger partial charge < -0.3 is 14.4 Å². The third kappa shape index (κ3) is 7.21. The Balaban J connectivity index is 1.74. The van der Waals surface area contributed by atoms with Crippen LogP contribution in [0.4, 0.5) is 30.7 Å². The highest BCUT2D eigenvalue weighted by Crippen LogP contribution is 2.45. The Labute approximate surface area is 234 Å². The second-order valence-electron chi connectivity index (χ2n) is 10.9. The first kappa shape index (κ1) is 31.2. The van der Waals surface area contributed by atoms with Gasteiger partial charge in [-0.05, 0) is 75.1 Å². The molecule has 41 heavy (non-hydrogen) atoms. The van der Waals surface area contributed by atoms with E-state index in [1.54, 1.807) is 17.0 Å². The zero-order valence-corrected chi connectivity index (χ0v) is 23.0. The maximum Gasteiger partial charge on any atom is 0.416 e. The van der Waals surface area contributed by atoms with Crippen LogP contribution < -0.4 is 0 Å². The van der Waals surface area contributed by atoms with Crippen LogP contribution in [0.2, 0.25) is 0 Å². The minimum absolute atomic E-state index is 0.0668. The summed E-state index contributed by atoms with van der Waals surface area (Å²) in [7, 11) is 0. The van der Waals surface area contributed by atoms with E-state index in [4.69, 9.17) is 9.47 Å². The normalized spacial score (nSPS) is 23.7. The minimum Gasteiger partial charge on any atom is -0.348 e. The van der Waals surface area contributed by atoms with Crippen molar-refractivity contribution < 1.29 is 45.0 Å². The molecule has 0 saturated carbocycles. The van der Waals surface area contributed by atoms with Gasteiger partial charge in [0.15, 0.2) is 5.79 Å². The fourth-order valence-electron chi connectivity index (χ4n) is 5.46. The van der Waals surface area contributed by atoms with Gasteiger partial charge in [0, 0.05) is 25.0 Å². The molecule has 0 aromatic heterocycles. The highest BCUT2D eigenvalue weighted by atomic mass is 19.4. The predicted molar refractivity (Wildman–Crippen MR) is 136 cm³/mol. The van der Waals surface area contributed by atoms with Crippen molar-refractivity contribution in [3.8, 4) is 0 Å². The lowest BCUT2D eigenvalue weighted by atomic mass is 9.83. The average Bonchev–Trinajstić information content (AvgIpc) is 2.89. The first-order valence-electron chi connectivity index (χ1n) is 13.5. The highest BCUT2D eigenvalue weighted by molar-refractivity contribution is 5.79. The van der Waals surface area contributed by atoms with Crippen molar-refractivity contribution in [1.29, 1.82) is 0 Å². The van der Waals surface area contributed by atoms with Crippen LogP contribution in [-0.4, -0.2) is 60.3 Å². The fraction of sp³-hybridized carbons (Fsp3) is 0.552. The van der Waals surface area contributed by atoms with Gasteiger partial charge in [0.1, 0.15) is 5.82 Å². The van der Waals surface area contributed by atoms with E-state index < -0.39 is 47.1 Å². The topological polar surface area (TPSA) is 42.0 Å². The number of nitrogens with zero attached hydrogens (tertiary/aromatic N) is 2. The first-order chi connectivity index (χ1) is 19.1. The van der Waals surface area contributed by atoms with E-state index in [1.165, 1.54) is 19.1 Å². The number of halogens is 7. The van der Waals surface area contributed by atoms with Crippen molar-refractivity contribution in [1.82, 2.24) is 9.80 Å². The Kier molecular flexibility index (Phi) is 9.06. The molecule has 0 aliphatic carbocycles. The van der Waals surface area contributed by atoms with Crippen molar-refractivity contribution in [2.45, 2.75) is 69.8 Å². The minimum atomic E-state index is -5.02. The van der Waals surface area contributed by atoms with E-state index in [-0.39, 0.29) is 43.3 Å². The molecule has 2 saturated heterocycles. The fourth-order valence-corrected chi connectivity index (χ4v) is 5.46. The number of carbonyl (C=O) groups excluding carboxylic acids is 1. The van der Waals surface area contributed by atoms with E-state index in [9.17, 15) is 35.5 Å². The molecule has 1 amide bonds. The van der Waals surface area contributed by atoms with E-state index in [1.807, 2.05) is 18.7 Å². The molecule has 3 atom stereocenters. The lowest BCUT2D eigenvalue weighted by molar-refractivity contribution is -0.291. The second-order valence-corrected chi connectivity index (χ2v) is 10.9. The van der Waals surface area contributed by atoms with Crippen LogP contribution in [0.3, 0.4) is 0 Å². The van der Waals surface area contributed by atoms with Gasteiger partial charge in [-0.15, -0.1) is 0 Å². The van der Waals surface area contributed by atoms with Gasteiger partial charge in [-0.1, -0.05) is 12.1 Å². The van der Waals surface area contributed by atoms with Crippen LogP contribution in [0.15, 0.2) is 42.5 Å². The summed E-state index contributed by atoms with van der Waals surface area (Å²) >= 11 is 0. The monoisotopic (exact) mass is 590 g/mol. The van der Waals surface area contributed by atoms with Crippen LogP contribution in [0.1, 0.15) is 67.9 Å². The number of rotatable bonds is 7. The van der Waals surface area contributed by atoms with E-state index in [2.05, 4.69) is 0 Å². The Morgan fingerprint density at radius 2 is 1.59 bits per heavy atom. The highest BCUT2D eigenvalue weighted by Gasteiger charge is 2.48. The number of ether oxygens (including phenoxy) is 2. The van der Waals surface area contributed by atoms with Gasteiger partial charge >= 0.3 is 12.4 Å². The number of hydrogen-bond donors (Lipinski definition) is 0. The molecular formula is C29H33F7N2O3. The smallest absolute Gasteiger partial charge is 0.348 e. The number of piperazine rings is 1. The van der Waals surface area contributed by atoms with E-state index in [0.29, 0.717) is 43.6 Å². The molecular weight excluding hydrogens is 557 g/mol. The van der Waals surface area contributed by atoms with Crippen molar-refractivity contribution in [2.75, 3.05) is 32.8 Å². The second kappa shape index (κ2) is 11.9. The number of alkyl halides is 6. The Morgan fingerprint density at radius 1 is 0.976 bits per heavy atom. The lowest BCUT2D eigenvalue weighted by Crippen LogP contribution is -2.60. The van der Waals surface area contributed by atoms with Gasteiger partial charge in [0.05, 0.1) is 36.9 Å². The molecule has 226 valence electrons. The Hall–Kier alpha value is -2.70. The van der Waals surface area contributed by atoms with Crippen LogP contribution in [0, 0.1) is 5.82 Å². The van der Waals surface area contributed by atoms with Crippen molar-refractivity contribution in [3.05, 3.63) is 70.5 Å². The Bertz CT molecular complexity index is 1180. The summed E-state index contributed by atoms with van der Waals surface area (Å²) in [5.41, 5.74) is -2.63. The summed E-state index contributed by atoms with van der Waals surface area (Å²) < 4.78 is 108. The van der Waals surface area contributed by atoms with Gasteiger partial charge in [0.2, 0.25) is 5.91 Å². The number of benzene rings is 2. The maximum atomic E-state index is 13.8. The molecule has 0 unspecified atom stereocenters. The molecule has 5 nitrogen and oxygen atoms in total. The van der Waals surface area contributed by atoms with Crippen LogP contribution >= 0.6 is 0 Å². The zero-order chi connectivity index (χ0) is 30.2. The third-order valence-electron chi connectivity index (χ3n) is 7.73. The maximum absolute atomic E-state index is 13.8. The number of hydrogen-bond acceptors (Lipinski definition) is 4. The third-order valence-corrected chi connectivity index (χ3v) is 7.73. The molecule has 0 N–H and O–H groups in total. The number of amides is 1. The average molecular weight is 591 g/mol. The summed E-state index contributed by atoms with van der Waals surface area (Å²) in [6, 6.07) is 7.07. The zero-order valence-electron chi connectivity index (χ0n) is 23.0. The molecule has 0 spiro atoms. The van der Waals surface area contributed by atoms with Gasteiger partial charge in [-0.2, -0.15) is 26.3 Å². The first-order valence-corrected chi connectivity index (χ1v) is 13.5. The molecule has 0 radical (unpaired) electrons. The van der Waals surface area contributed by atoms with Crippen LogP contribution in [0.25, 0.3) is 0 Å². The van der Waals surface area contributed by atoms with Crippen molar-refractivity contribution >= 4 is 5.91 Å². The summed E-state index contributed by atoms with van der Waals surface area (Å²) in [4.78, 5) is 16.7. The van der Waals surface area contributed by atoms with Gasteiger partial charge in [0.25, 0.3) is 0 Å². The summed E-state index contributed by atoms with van der Waals surface area (Å²) in [5, 5.41) is 0. The molecule has 2 aliphatic rings. The van der Waals surface area contributed by atoms with Gasteiger partial charge in [-0.3, -0.25) is 9.69 Å². The van der Waals surface area contributed by atoms with Crippen molar-refractivity contribution in [3.63, 3.8) is 0 Å². The molecule has 12 heteroatoms. The van der Waals surface area contributed by atoms with E-state index in [0.717, 1.165) is 0 Å². The van der Waals surface area contributed by atoms with Crippen LogP contribution in [-0.2, 0) is 26.6 Å². The van der Waals surface area contributed by atoms with Crippen molar-refractivity contribution in [2.24, 2.45) is 0 Å². The number of carbonyl (C=O) groups is 1. The molecule has 2 aliphatic heterocycles. The molecule has 2 aromatic carbocycles.